The summed E-state index contributed by atoms with van der Waals surface area (Å²) in [5.74, 6) is -0.944. The summed E-state index contributed by atoms with van der Waals surface area (Å²) >= 11 is 0. The smallest absolute Gasteiger partial charge is 0.358 e. The van der Waals surface area contributed by atoms with Crippen LogP contribution in [0.25, 0.3) is 5.65 Å². The van der Waals surface area contributed by atoms with Gasteiger partial charge in [0.2, 0.25) is 0 Å². The lowest BCUT2D eigenvalue weighted by molar-refractivity contribution is 0.0692. The van der Waals surface area contributed by atoms with E-state index in [4.69, 9.17) is 10.8 Å². The number of carboxylic acid groups (broad SMARTS) is 1. The Bertz CT molecular complexity index is 521. The van der Waals surface area contributed by atoms with Crippen LogP contribution >= 0.6 is 12.4 Å². The average molecular weight is 228 g/mol. The molecule has 0 spiro atoms. The molecule has 0 atom stereocenters. The Hall–Kier alpha value is -1.75. The zero-order valence-corrected chi connectivity index (χ0v) is 8.78. The standard InChI is InChI=1S/C9H9N3O2.ClH/c1-5-2-3-6-11-7(9(13)14)8(10)12(6)4-5;/h2-4H,10H2,1H3,(H,13,14);1H. The zero-order valence-electron chi connectivity index (χ0n) is 7.97. The molecule has 2 rings (SSSR count). The van der Waals surface area contributed by atoms with Gasteiger partial charge in [-0.25, -0.2) is 9.78 Å². The second-order valence-electron chi connectivity index (χ2n) is 3.09. The number of hydrogen-bond donors (Lipinski definition) is 2. The van der Waals surface area contributed by atoms with Crippen LogP contribution in [0.1, 0.15) is 16.1 Å². The number of anilines is 1. The van der Waals surface area contributed by atoms with Gasteiger partial charge in [0, 0.05) is 6.20 Å². The van der Waals surface area contributed by atoms with Crippen LogP contribution in [0.2, 0.25) is 0 Å². The largest absolute Gasteiger partial charge is 0.476 e. The molecule has 3 N–H and O–H groups in total. The first-order valence-corrected chi connectivity index (χ1v) is 4.07. The molecule has 2 aromatic heterocycles. The molecule has 0 aliphatic heterocycles. The second kappa shape index (κ2) is 3.78. The van der Waals surface area contributed by atoms with Gasteiger partial charge in [-0.1, -0.05) is 6.07 Å². The molecule has 0 saturated carbocycles. The van der Waals surface area contributed by atoms with E-state index in [0.29, 0.717) is 5.65 Å². The zero-order chi connectivity index (χ0) is 10.3. The van der Waals surface area contributed by atoms with Gasteiger partial charge in [0.05, 0.1) is 0 Å². The van der Waals surface area contributed by atoms with E-state index in [1.165, 1.54) is 0 Å². The number of carboxylic acids is 1. The second-order valence-corrected chi connectivity index (χ2v) is 3.09. The molecule has 2 heterocycles. The quantitative estimate of drug-likeness (QED) is 0.771. The van der Waals surface area contributed by atoms with Crippen molar-refractivity contribution in [2.45, 2.75) is 6.92 Å². The topological polar surface area (TPSA) is 80.6 Å². The van der Waals surface area contributed by atoms with Gasteiger partial charge in [0.1, 0.15) is 11.5 Å². The van der Waals surface area contributed by atoms with Crippen LogP contribution < -0.4 is 5.73 Å². The van der Waals surface area contributed by atoms with Crippen molar-refractivity contribution < 1.29 is 9.90 Å². The van der Waals surface area contributed by atoms with Crippen LogP contribution in [-0.2, 0) is 0 Å². The average Bonchev–Trinajstić information content (AvgIpc) is 2.44. The van der Waals surface area contributed by atoms with Crippen molar-refractivity contribution in [2.75, 3.05) is 5.73 Å². The molecule has 0 unspecified atom stereocenters. The SMILES string of the molecule is Cc1ccc2nc(C(=O)O)c(N)n2c1.Cl. The van der Waals surface area contributed by atoms with Gasteiger partial charge in [-0.15, -0.1) is 12.4 Å². The van der Waals surface area contributed by atoms with Gasteiger partial charge in [0.25, 0.3) is 0 Å². The van der Waals surface area contributed by atoms with Crippen LogP contribution in [0.4, 0.5) is 5.82 Å². The first-order chi connectivity index (χ1) is 6.59. The van der Waals surface area contributed by atoms with E-state index in [9.17, 15) is 4.79 Å². The molecule has 15 heavy (non-hydrogen) atoms. The van der Waals surface area contributed by atoms with E-state index in [1.54, 1.807) is 16.7 Å². The fourth-order valence-corrected chi connectivity index (χ4v) is 1.33. The van der Waals surface area contributed by atoms with Crippen molar-refractivity contribution in [3.8, 4) is 0 Å². The number of aromatic nitrogens is 2. The molecule has 80 valence electrons. The Morgan fingerprint density at radius 2 is 2.20 bits per heavy atom. The van der Waals surface area contributed by atoms with Crippen LogP contribution in [0.3, 0.4) is 0 Å². The summed E-state index contributed by atoms with van der Waals surface area (Å²) in [4.78, 5) is 14.6. The van der Waals surface area contributed by atoms with Gasteiger partial charge in [0.15, 0.2) is 5.69 Å². The summed E-state index contributed by atoms with van der Waals surface area (Å²) in [5, 5.41) is 8.78. The molecule has 0 fully saturated rings. The normalized spacial score (nSPS) is 9.93. The van der Waals surface area contributed by atoms with Crippen molar-refractivity contribution in [3.63, 3.8) is 0 Å². The lowest BCUT2D eigenvalue weighted by atomic mass is 10.3. The van der Waals surface area contributed by atoms with Crippen LogP contribution in [0, 0.1) is 6.92 Å². The van der Waals surface area contributed by atoms with E-state index < -0.39 is 5.97 Å². The molecule has 2 aromatic rings. The van der Waals surface area contributed by atoms with E-state index in [1.807, 2.05) is 13.0 Å². The maximum atomic E-state index is 10.7. The minimum Gasteiger partial charge on any atom is -0.476 e. The third-order valence-corrected chi connectivity index (χ3v) is 2.01. The lowest BCUT2D eigenvalue weighted by Crippen LogP contribution is -2.02. The Morgan fingerprint density at radius 1 is 1.53 bits per heavy atom. The number of aromatic carboxylic acids is 1. The number of hydrogen-bond acceptors (Lipinski definition) is 3. The number of nitrogens with two attached hydrogens (primary N) is 1. The minimum atomic E-state index is -1.11. The number of halogens is 1. The number of carbonyl (C=O) groups is 1. The summed E-state index contributed by atoms with van der Waals surface area (Å²) in [7, 11) is 0. The molecule has 6 heteroatoms. The molecule has 0 aliphatic carbocycles. The van der Waals surface area contributed by atoms with Crippen LogP contribution in [-0.4, -0.2) is 20.5 Å². The molecule has 0 aliphatic rings. The van der Waals surface area contributed by atoms with E-state index >= 15 is 0 Å². The Morgan fingerprint density at radius 3 is 2.80 bits per heavy atom. The van der Waals surface area contributed by atoms with Crippen molar-refractivity contribution >= 4 is 29.8 Å². The minimum absolute atomic E-state index is 0. The van der Waals surface area contributed by atoms with Gasteiger partial charge >= 0.3 is 5.97 Å². The van der Waals surface area contributed by atoms with Gasteiger partial charge in [-0.05, 0) is 18.6 Å². The van der Waals surface area contributed by atoms with Crippen LogP contribution in [0.5, 0.6) is 0 Å². The summed E-state index contributed by atoms with van der Waals surface area (Å²) in [5.41, 5.74) is 7.07. The number of aryl methyl sites for hydroxylation is 1. The van der Waals surface area contributed by atoms with Crippen molar-refractivity contribution in [3.05, 3.63) is 29.6 Å². The monoisotopic (exact) mass is 227 g/mol. The van der Waals surface area contributed by atoms with E-state index in [2.05, 4.69) is 4.98 Å². The highest BCUT2D eigenvalue weighted by molar-refractivity contribution is 5.92. The highest BCUT2D eigenvalue weighted by Gasteiger charge is 2.14. The number of nitrogen functional groups attached to an aromatic ring is 1. The Kier molecular flexibility index (Phi) is 2.85. The summed E-state index contributed by atoms with van der Waals surface area (Å²) in [6, 6.07) is 3.59. The van der Waals surface area contributed by atoms with Gasteiger partial charge in [-0.3, -0.25) is 4.40 Å². The number of nitrogens with zero attached hydrogens (tertiary/aromatic N) is 2. The molecule has 0 bridgehead atoms. The number of rotatable bonds is 1. The molecular formula is C9H10ClN3O2. The Balaban J connectivity index is 0.00000112. The third-order valence-electron chi connectivity index (χ3n) is 2.01. The Labute approximate surface area is 91.9 Å². The molecule has 5 nitrogen and oxygen atoms in total. The lowest BCUT2D eigenvalue weighted by Gasteiger charge is -1.97. The fourth-order valence-electron chi connectivity index (χ4n) is 1.33. The predicted molar refractivity (Wildman–Crippen MR) is 58.5 cm³/mol. The molecule has 0 amide bonds. The number of fused-ring (bicyclic) bond motifs is 1. The third kappa shape index (κ3) is 1.73. The molecular weight excluding hydrogens is 218 g/mol. The highest BCUT2D eigenvalue weighted by atomic mass is 35.5. The van der Waals surface area contributed by atoms with Gasteiger partial charge in [-0.2, -0.15) is 0 Å². The van der Waals surface area contributed by atoms with Crippen LogP contribution in [0.15, 0.2) is 18.3 Å². The maximum Gasteiger partial charge on any atom is 0.358 e. The van der Waals surface area contributed by atoms with Crippen molar-refractivity contribution in [1.29, 1.82) is 0 Å². The summed E-state index contributed by atoms with van der Waals surface area (Å²) in [6.07, 6.45) is 1.75. The maximum absolute atomic E-state index is 10.7. The highest BCUT2D eigenvalue weighted by Crippen LogP contribution is 2.15. The summed E-state index contributed by atoms with van der Waals surface area (Å²) in [6.45, 7) is 1.90. The molecule has 0 aromatic carbocycles. The number of pyridine rings is 1. The van der Waals surface area contributed by atoms with E-state index in [-0.39, 0.29) is 23.9 Å². The summed E-state index contributed by atoms with van der Waals surface area (Å²) < 4.78 is 1.57. The number of imidazole rings is 1. The predicted octanol–water partition coefficient (Wildman–Crippen LogP) is 1.34. The van der Waals surface area contributed by atoms with E-state index in [0.717, 1.165) is 5.56 Å². The fraction of sp³-hybridized carbons (Fsp3) is 0.111. The van der Waals surface area contributed by atoms with Crippen molar-refractivity contribution in [2.24, 2.45) is 0 Å². The van der Waals surface area contributed by atoms with Crippen molar-refractivity contribution in [1.82, 2.24) is 9.38 Å². The van der Waals surface area contributed by atoms with Gasteiger partial charge < -0.3 is 10.8 Å². The first-order valence-electron chi connectivity index (χ1n) is 4.07. The molecule has 0 saturated heterocycles. The first kappa shape index (κ1) is 11.3. The molecule has 0 radical (unpaired) electrons.